The number of aromatic amines is 1. The number of hydrogen-bond acceptors (Lipinski definition) is 5. The minimum absolute atomic E-state index is 0.00476. The van der Waals surface area contributed by atoms with Crippen LogP contribution in [0.3, 0.4) is 0 Å². The Kier molecular flexibility index (Phi) is 4.37. The first kappa shape index (κ1) is 19.1. The molecule has 3 aromatic rings. The lowest BCUT2D eigenvalue weighted by Crippen LogP contribution is -2.40. The summed E-state index contributed by atoms with van der Waals surface area (Å²) in [6, 6.07) is 13.1. The molecule has 1 saturated heterocycles. The van der Waals surface area contributed by atoms with Gasteiger partial charge in [0.2, 0.25) is 0 Å². The van der Waals surface area contributed by atoms with Crippen LogP contribution in [0, 0.1) is 0 Å². The Morgan fingerprint density at radius 1 is 1.17 bits per heavy atom. The fourth-order valence-corrected chi connectivity index (χ4v) is 6.29. The van der Waals surface area contributed by atoms with E-state index in [1.165, 1.54) is 6.07 Å². The smallest absolute Gasteiger partial charge is 0.273 e. The van der Waals surface area contributed by atoms with Crippen LogP contribution < -0.4 is 0 Å². The van der Waals surface area contributed by atoms with Crippen LogP contribution in [0.15, 0.2) is 48.5 Å². The molecule has 1 fully saturated rings. The Morgan fingerprint density at radius 3 is 2.63 bits per heavy atom. The maximum Gasteiger partial charge on any atom is 0.273 e. The van der Waals surface area contributed by atoms with Crippen molar-refractivity contribution in [1.29, 1.82) is 0 Å². The fraction of sp³-hybridized carbons (Fsp3) is 0.238. The number of carbonyl (C=O) groups is 1. The predicted molar refractivity (Wildman–Crippen MR) is 112 cm³/mol. The Morgan fingerprint density at radius 2 is 1.93 bits per heavy atom. The van der Waals surface area contributed by atoms with E-state index in [0.717, 1.165) is 5.56 Å². The lowest BCUT2D eigenvalue weighted by molar-refractivity contribution is 0.0678. The molecule has 0 radical (unpaired) electrons. The van der Waals surface area contributed by atoms with Crippen LogP contribution in [-0.4, -0.2) is 52.1 Å². The van der Waals surface area contributed by atoms with Gasteiger partial charge in [-0.25, -0.2) is 8.42 Å². The highest BCUT2D eigenvalue weighted by molar-refractivity contribution is 7.91. The number of aromatic nitrogens is 2. The number of hydrogen-bond donors (Lipinski definition) is 2. The van der Waals surface area contributed by atoms with Crippen molar-refractivity contribution in [3.63, 3.8) is 0 Å². The van der Waals surface area contributed by atoms with E-state index in [4.69, 9.17) is 11.6 Å². The van der Waals surface area contributed by atoms with Gasteiger partial charge in [-0.1, -0.05) is 41.9 Å². The molecule has 0 spiro atoms. The topological polar surface area (TPSA) is 103 Å². The molecule has 154 valence electrons. The van der Waals surface area contributed by atoms with Crippen molar-refractivity contribution < 1.29 is 18.3 Å². The number of nitrogens with zero attached hydrogens (tertiary/aromatic N) is 2. The van der Waals surface area contributed by atoms with Crippen molar-refractivity contribution in [3.8, 4) is 17.0 Å². The second kappa shape index (κ2) is 6.85. The van der Waals surface area contributed by atoms with Gasteiger partial charge in [0.25, 0.3) is 5.91 Å². The zero-order valence-corrected chi connectivity index (χ0v) is 17.3. The lowest BCUT2D eigenvalue weighted by atomic mass is 9.95. The summed E-state index contributed by atoms with van der Waals surface area (Å²) >= 11 is 6.14. The number of phenols is 1. The number of fused-ring (bicyclic) bond motifs is 1. The van der Waals surface area contributed by atoms with E-state index >= 15 is 0 Å². The average Bonchev–Trinajstić information content (AvgIpc) is 3.38. The SMILES string of the molecule is O=C1c2[nH]nc(-c3cc(Cl)ccc3O)c2C(c2ccccc2)N1C1CCS(=O)(=O)C1. The van der Waals surface area contributed by atoms with Crippen molar-refractivity contribution in [2.75, 3.05) is 11.5 Å². The Labute approximate surface area is 178 Å². The van der Waals surface area contributed by atoms with Crippen LogP contribution in [0.4, 0.5) is 0 Å². The zero-order valence-electron chi connectivity index (χ0n) is 15.7. The number of sulfone groups is 1. The highest BCUT2D eigenvalue weighted by Crippen LogP contribution is 2.46. The number of carbonyl (C=O) groups excluding carboxylic acids is 1. The third-order valence-electron chi connectivity index (χ3n) is 5.73. The monoisotopic (exact) mass is 443 g/mol. The third-order valence-corrected chi connectivity index (χ3v) is 7.72. The van der Waals surface area contributed by atoms with Gasteiger partial charge in [-0.2, -0.15) is 5.10 Å². The Balaban J connectivity index is 1.70. The predicted octanol–water partition coefficient (Wildman–Crippen LogP) is 3.17. The van der Waals surface area contributed by atoms with Crippen LogP contribution in [0.1, 0.15) is 34.1 Å². The van der Waals surface area contributed by atoms with Crippen LogP contribution in [0.25, 0.3) is 11.3 Å². The Bertz CT molecular complexity index is 1260. The molecule has 1 aromatic heterocycles. The van der Waals surface area contributed by atoms with Crippen molar-refractivity contribution in [2.45, 2.75) is 18.5 Å². The van der Waals surface area contributed by atoms with Crippen LogP contribution in [-0.2, 0) is 9.84 Å². The van der Waals surface area contributed by atoms with Gasteiger partial charge >= 0.3 is 0 Å². The number of halogens is 1. The minimum atomic E-state index is -3.18. The average molecular weight is 444 g/mol. The summed E-state index contributed by atoms with van der Waals surface area (Å²) in [5.41, 5.74) is 2.61. The van der Waals surface area contributed by atoms with Crippen molar-refractivity contribution >= 4 is 27.3 Å². The second-order valence-corrected chi connectivity index (χ2v) is 10.3. The van der Waals surface area contributed by atoms with Gasteiger partial charge in [0.05, 0.1) is 17.5 Å². The maximum atomic E-state index is 13.3. The number of rotatable bonds is 3. The summed E-state index contributed by atoms with van der Waals surface area (Å²) < 4.78 is 24.2. The minimum Gasteiger partial charge on any atom is -0.507 e. The van der Waals surface area contributed by atoms with Gasteiger partial charge < -0.3 is 10.0 Å². The number of H-pyrrole nitrogens is 1. The van der Waals surface area contributed by atoms with E-state index in [1.54, 1.807) is 17.0 Å². The summed E-state index contributed by atoms with van der Waals surface area (Å²) in [6.07, 6.45) is 0.396. The molecule has 2 N–H and O–H groups in total. The second-order valence-electron chi connectivity index (χ2n) is 7.60. The normalized spacial score (nSPS) is 22.4. The first-order valence-corrected chi connectivity index (χ1v) is 11.7. The molecule has 3 heterocycles. The lowest BCUT2D eigenvalue weighted by Gasteiger charge is -2.31. The molecule has 2 aromatic carbocycles. The van der Waals surface area contributed by atoms with E-state index < -0.39 is 21.9 Å². The molecular formula is C21H18ClN3O4S. The van der Waals surface area contributed by atoms with Gasteiger partial charge in [-0.05, 0) is 30.2 Å². The van der Waals surface area contributed by atoms with E-state index in [-0.39, 0.29) is 23.2 Å². The van der Waals surface area contributed by atoms with Gasteiger partial charge in [0, 0.05) is 22.2 Å². The molecule has 2 unspecified atom stereocenters. The number of amides is 1. The molecule has 2 aliphatic heterocycles. The number of phenolic OH excluding ortho intramolecular Hbond substituents is 1. The molecule has 7 nitrogen and oxygen atoms in total. The summed E-state index contributed by atoms with van der Waals surface area (Å²) in [7, 11) is -3.18. The van der Waals surface area contributed by atoms with Gasteiger partial charge in [0.1, 0.15) is 17.1 Å². The summed E-state index contributed by atoms with van der Waals surface area (Å²) in [5.74, 6) is -0.287. The Hall–Kier alpha value is -2.84. The first-order chi connectivity index (χ1) is 14.4. The van der Waals surface area contributed by atoms with Gasteiger partial charge in [0.15, 0.2) is 9.84 Å². The fourth-order valence-electron chi connectivity index (χ4n) is 4.40. The quantitative estimate of drug-likeness (QED) is 0.647. The van der Waals surface area contributed by atoms with Crippen LogP contribution in [0.5, 0.6) is 5.75 Å². The van der Waals surface area contributed by atoms with Gasteiger partial charge in [-0.3, -0.25) is 9.89 Å². The van der Waals surface area contributed by atoms with E-state index in [0.29, 0.717) is 34.0 Å². The van der Waals surface area contributed by atoms with Crippen molar-refractivity contribution in [2.24, 2.45) is 0 Å². The molecule has 9 heteroatoms. The molecule has 2 aliphatic rings. The molecule has 1 amide bonds. The third kappa shape index (κ3) is 2.98. The number of nitrogens with one attached hydrogen (secondary N) is 1. The summed E-state index contributed by atoms with van der Waals surface area (Å²) in [5, 5.41) is 18.0. The van der Waals surface area contributed by atoms with Gasteiger partial charge in [-0.15, -0.1) is 0 Å². The number of aromatic hydroxyl groups is 1. The molecular weight excluding hydrogens is 426 g/mol. The molecule has 2 atom stereocenters. The summed E-state index contributed by atoms with van der Waals surface area (Å²) in [6.45, 7) is 0. The molecule has 5 rings (SSSR count). The van der Waals surface area contributed by atoms with E-state index in [9.17, 15) is 18.3 Å². The highest BCUT2D eigenvalue weighted by atomic mass is 35.5. The standard InChI is InChI=1S/C21H18ClN3O4S/c22-13-6-7-16(26)15(10-13)18-17-19(24-23-18)21(27)25(14-8-9-30(28,29)11-14)20(17)12-4-2-1-3-5-12/h1-7,10,14,20,26H,8-9,11H2,(H,23,24). The molecule has 30 heavy (non-hydrogen) atoms. The van der Waals surface area contributed by atoms with Crippen LogP contribution in [0.2, 0.25) is 5.02 Å². The maximum absolute atomic E-state index is 13.3. The molecule has 0 saturated carbocycles. The first-order valence-electron chi connectivity index (χ1n) is 9.51. The number of benzene rings is 2. The summed E-state index contributed by atoms with van der Waals surface area (Å²) in [4.78, 5) is 15.0. The molecule has 0 bridgehead atoms. The largest absolute Gasteiger partial charge is 0.507 e. The van der Waals surface area contributed by atoms with E-state index in [1.807, 2.05) is 30.3 Å². The highest BCUT2D eigenvalue weighted by Gasteiger charge is 2.48. The van der Waals surface area contributed by atoms with Crippen molar-refractivity contribution in [3.05, 3.63) is 70.4 Å². The molecule has 0 aliphatic carbocycles. The zero-order chi connectivity index (χ0) is 21.0. The van der Waals surface area contributed by atoms with Crippen LogP contribution >= 0.6 is 11.6 Å². The van der Waals surface area contributed by atoms with E-state index in [2.05, 4.69) is 10.2 Å². The van der Waals surface area contributed by atoms with Crippen molar-refractivity contribution in [1.82, 2.24) is 15.1 Å².